The number of rotatable bonds is 6. The van der Waals surface area contributed by atoms with Crippen LogP contribution in [-0.2, 0) is 4.79 Å². The van der Waals surface area contributed by atoms with Gasteiger partial charge in [-0.1, -0.05) is 35.9 Å². The van der Waals surface area contributed by atoms with E-state index in [0.29, 0.717) is 23.6 Å². The van der Waals surface area contributed by atoms with Gasteiger partial charge in [0.25, 0.3) is 5.91 Å². The minimum Gasteiger partial charge on any atom is -0.481 e. The summed E-state index contributed by atoms with van der Waals surface area (Å²) in [5.41, 5.74) is 4.76. The molecule has 3 rings (SSSR count). The molecule has 0 aliphatic carbocycles. The zero-order valence-corrected chi connectivity index (χ0v) is 15.8. The van der Waals surface area contributed by atoms with E-state index in [-0.39, 0.29) is 18.9 Å². The minimum atomic E-state index is -0.922. The van der Waals surface area contributed by atoms with Gasteiger partial charge in [0.2, 0.25) is 0 Å². The fourth-order valence-electron chi connectivity index (χ4n) is 3.05. The summed E-state index contributed by atoms with van der Waals surface area (Å²) in [6.07, 6.45) is 1.80. The van der Waals surface area contributed by atoms with Crippen molar-refractivity contribution in [3.05, 3.63) is 59.4 Å². The van der Waals surface area contributed by atoms with Gasteiger partial charge in [0.15, 0.2) is 0 Å². The summed E-state index contributed by atoms with van der Waals surface area (Å²) in [5.74, 6) is -1.14. The van der Waals surface area contributed by atoms with Crippen molar-refractivity contribution in [2.24, 2.45) is 0 Å². The molecule has 0 aliphatic heterocycles. The summed E-state index contributed by atoms with van der Waals surface area (Å²) < 4.78 is 1.80. The lowest BCUT2D eigenvalue weighted by Crippen LogP contribution is -2.34. The SMILES string of the molecule is CCN(CCC(=O)O)C(=O)c1c(-c2ccc(C)cc2)nc2ccc(C)cn12. The number of hydrogen-bond donors (Lipinski definition) is 1. The molecule has 2 aromatic heterocycles. The number of nitrogens with zero attached hydrogens (tertiary/aromatic N) is 3. The molecule has 0 bridgehead atoms. The van der Waals surface area contributed by atoms with Crippen molar-refractivity contribution in [3.63, 3.8) is 0 Å². The summed E-state index contributed by atoms with van der Waals surface area (Å²) in [5, 5.41) is 8.98. The number of aromatic nitrogens is 2. The maximum atomic E-state index is 13.3. The van der Waals surface area contributed by atoms with Gasteiger partial charge in [0.05, 0.1) is 6.42 Å². The topological polar surface area (TPSA) is 74.9 Å². The smallest absolute Gasteiger partial charge is 0.305 e. The third-order valence-electron chi connectivity index (χ3n) is 4.56. The third kappa shape index (κ3) is 3.84. The van der Waals surface area contributed by atoms with Crippen LogP contribution >= 0.6 is 0 Å². The first-order valence-corrected chi connectivity index (χ1v) is 8.97. The highest BCUT2D eigenvalue weighted by Gasteiger charge is 2.25. The molecule has 0 aliphatic rings. The first-order chi connectivity index (χ1) is 12.9. The van der Waals surface area contributed by atoms with E-state index in [9.17, 15) is 9.59 Å². The van der Waals surface area contributed by atoms with Gasteiger partial charge in [-0.25, -0.2) is 4.98 Å². The molecule has 6 nitrogen and oxygen atoms in total. The van der Waals surface area contributed by atoms with Gasteiger partial charge in [-0.3, -0.25) is 14.0 Å². The Bertz CT molecular complexity index is 990. The Morgan fingerprint density at radius 3 is 2.37 bits per heavy atom. The van der Waals surface area contributed by atoms with Crippen molar-refractivity contribution >= 4 is 17.5 Å². The van der Waals surface area contributed by atoms with Crippen LogP contribution in [0, 0.1) is 13.8 Å². The molecule has 3 aromatic rings. The normalized spacial score (nSPS) is 10.9. The second-order valence-corrected chi connectivity index (χ2v) is 6.64. The second-order valence-electron chi connectivity index (χ2n) is 6.64. The first-order valence-electron chi connectivity index (χ1n) is 8.97. The van der Waals surface area contributed by atoms with Crippen LogP contribution in [0.2, 0.25) is 0 Å². The molecule has 0 atom stereocenters. The molecule has 1 aromatic carbocycles. The Labute approximate surface area is 158 Å². The highest BCUT2D eigenvalue weighted by molar-refractivity contribution is 5.99. The largest absolute Gasteiger partial charge is 0.481 e. The summed E-state index contributed by atoms with van der Waals surface area (Å²) in [4.78, 5) is 30.5. The summed E-state index contributed by atoms with van der Waals surface area (Å²) in [7, 11) is 0. The number of amides is 1. The first kappa shape index (κ1) is 18.6. The van der Waals surface area contributed by atoms with Crippen LogP contribution in [0.3, 0.4) is 0 Å². The van der Waals surface area contributed by atoms with E-state index in [0.717, 1.165) is 16.7 Å². The molecule has 1 N–H and O–H groups in total. The number of aryl methyl sites for hydroxylation is 2. The molecule has 0 saturated heterocycles. The van der Waals surface area contributed by atoms with Crippen LogP contribution in [0.15, 0.2) is 42.6 Å². The number of carbonyl (C=O) groups is 2. The Kier molecular flexibility index (Phi) is 5.26. The van der Waals surface area contributed by atoms with Crippen LogP contribution < -0.4 is 0 Å². The number of hydrogen-bond acceptors (Lipinski definition) is 3. The number of fused-ring (bicyclic) bond motifs is 1. The van der Waals surface area contributed by atoms with Crippen LogP contribution in [-0.4, -0.2) is 44.4 Å². The summed E-state index contributed by atoms with van der Waals surface area (Å²) >= 11 is 0. The number of carboxylic acids is 1. The molecule has 0 spiro atoms. The molecule has 2 heterocycles. The van der Waals surface area contributed by atoms with Gasteiger partial charge >= 0.3 is 5.97 Å². The van der Waals surface area contributed by atoms with E-state index < -0.39 is 5.97 Å². The Balaban J connectivity index is 2.14. The number of carbonyl (C=O) groups excluding carboxylic acids is 1. The number of aliphatic carboxylic acids is 1. The molecule has 0 fully saturated rings. The Morgan fingerprint density at radius 1 is 1.07 bits per heavy atom. The lowest BCUT2D eigenvalue weighted by molar-refractivity contribution is -0.137. The van der Waals surface area contributed by atoms with Crippen LogP contribution in [0.5, 0.6) is 0 Å². The Hall–Kier alpha value is -3.15. The van der Waals surface area contributed by atoms with E-state index >= 15 is 0 Å². The third-order valence-corrected chi connectivity index (χ3v) is 4.56. The van der Waals surface area contributed by atoms with Crippen molar-refractivity contribution in [2.45, 2.75) is 27.2 Å². The van der Waals surface area contributed by atoms with Crippen molar-refractivity contribution < 1.29 is 14.7 Å². The van der Waals surface area contributed by atoms with Crippen molar-refractivity contribution in [1.82, 2.24) is 14.3 Å². The van der Waals surface area contributed by atoms with E-state index in [1.165, 1.54) is 0 Å². The van der Waals surface area contributed by atoms with Gasteiger partial charge in [0, 0.05) is 24.8 Å². The average molecular weight is 365 g/mol. The molecule has 140 valence electrons. The number of benzene rings is 1. The van der Waals surface area contributed by atoms with Crippen molar-refractivity contribution in [1.29, 1.82) is 0 Å². The van der Waals surface area contributed by atoms with Crippen molar-refractivity contribution in [2.75, 3.05) is 13.1 Å². The fraction of sp³-hybridized carbons (Fsp3) is 0.286. The summed E-state index contributed by atoms with van der Waals surface area (Å²) in [6.45, 7) is 6.41. The van der Waals surface area contributed by atoms with Crippen molar-refractivity contribution in [3.8, 4) is 11.3 Å². The van der Waals surface area contributed by atoms with Gasteiger partial charge in [-0.15, -0.1) is 0 Å². The Morgan fingerprint density at radius 2 is 1.74 bits per heavy atom. The molecule has 27 heavy (non-hydrogen) atoms. The highest BCUT2D eigenvalue weighted by Crippen LogP contribution is 2.26. The average Bonchev–Trinajstić information content (AvgIpc) is 3.00. The van der Waals surface area contributed by atoms with Gasteiger partial charge in [0.1, 0.15) is 17.0 Å². The quantitative estimate of drug-likeness (QED) is 0.725. The van der Waals surface area contributed by atoms with Gasteiger partial charge in [-0.05, 0) is 32.4 Å². The molecule has 0 saturated carbocycles. The second kappa shape index (κ2) is 7.61. The van der Waals surface area contributed by atoms with Crippen LogP contribution in [0.25, 0.3) is 16.9 Å². The minimum absolute atomic E-state index is 0.0881. The summed E-state index contributed by atoms with van der Waals surface area (Å²) in [6, 6.07) is 11.7. The monoisotopic (exact) mass is 365 g/mol. The predicted molar refractivity (Wildman–Crippen MR) is 104 cm³/mol. The lowest BCUT2D eigenvalue weighted by atomic mass is 10.1. The number of carboxylic acid groups (broad SMARTS) is 1. The zero-order chi connectivity index (χ0) is 19.6. The van der Waals surface area contributed by atoms with Gasteiger partial charge < -0.3 is 10.0 Å². The lowest BCUT2D eigenvalue weighted by Gasteiger charge is -2.20. The van der Waals surface area contributed by atoms with E-state index in [2.05, 4.69) is 4.98 Å². The molecule has 1 amide bonds. The number of imidazole rings is 1. The zero-order valence-electron chi connectivity index (χ0n) is 15.8. The standard InChI is InChI=1S/C21H23N3O3/c1-4-23(12-11-18(25)26)21(27)20-19(16-8-5-14(2)6-9-16)22-17-10-7-15(3)13-24(17)20/h5-10,13H,4,11-12H2,1-3H3,(H,25,26). The van der Waals surface area contributed by atoms with E-state index in [1.54, 1.807) is 9.30 Å². The van der Waals surface area contributed by atoms with E-state index in [4.69, 9.17) is 5.11 Å². The maximum Gasteiger partial charge on any atom is 0.305 e. The molecule has 0 radical (unpaired) electrons. The molecule has 0 unspecified atom stereocenters. The predicted octanol–water partition coefficient (Wildman–Crippen LogP) is 3.55. The van der Waals surface area contributed by atoms with Gasteiger partial charge in [-0.2, -0.15) is 0 Å². The molecular weight excluding hydrogens is 342 g/mol. The maximum absolute atomic E-state index is 13.3. The van der Waals surface area contributed by atoms with Crippen LogP contribution in [0.1, 0.15) is 35.0 Å². The molecular formula is C21H23N3O3. The van der Waals surface area contributed by atoms with Crippen LogP contribution in [0.4, 0.5) is 0 Å². The highest BCUT2D eigenvalue weighted by atomic mass is 16.4. The fourth-order valence-corrected chi connectivity index (χ4v) is 3.05. The number of pyridine rings is 1. The molecule has 6 heteroatoms. The van der Waals surface area contributed by atoms with E-state index in [1.807, 2.05) is 63.4 Å².